The maximum Gasteiger partial charge on any atom is 0.140 e. The molecule has 11 heavy (non-hydrogen) atoms. The number of hydrogen-bond donors (Lipinski definition) is 1. The van der Waals surface area contributed by atoms with E-state index in [0.29, 0.717) is 18.6 Å². The second-order valence-electron chi connectivity index (χ2n) is 3.01. The number of allylic oxidation sites excluding steroid dienone is 1. The molecule has 1 fully saturated rings. The van der Waals surface area contributed by atoms with Crippen LogP contribution in [0.1, 0.15) is 12.8 Å². The smallest absolute Gasteiger partial charge is 0.140 e. The molecule has 62 valence electrons. The highest BCUT2D eigenvalue weighted by molar-refractivity contribution is 5.81. The quantitative estimate of drug-likeness (QED) is 0.591. The lowest BCUT2D eigenvalue weighted by Crippen LogP contribution is -2.27. The SMILES string of the molecule is CN(C)C=C1CC(=O)CCN1. The molecule has 1 aliphatic rings. The fraction of sp³-hybridized carbons (Fsp3) is 0.625. The van der Waals surface area contributed by atoms with Crippen molar-refractivity contribution in [1.82, 2.24) is 10.2 Å². The van der Waals surface area contributed by atoms with Gasteiger partial charge in [-0.3, -0.25) is 4.79 Å². The number of hydrogen-bond acceptors (Lipinski definition) is 3. The third-order valence-electron chi connectivity index (χ3n) is 1.56. The third kappa shape index (κ3) is 2.62. The highest BCUT2D eigenvalue weighted by Crippen LogP contribution is 2.06. The zero-order chi connectivity index (χ0) is 8.27. The Labute approximate surface area is 67.1 Å². The second kappa shape index (κ2) is 3.42. The summed E-state index contributed by atoms with van der Waals surface area (Å²) in [4.78, 5) is 12.9. The summed E-state index contributed by atoms with van der Waals surface area (Å²) in [5, 5.41) is 3.18. The first-order valence-corrected chi connectivity index (χ1v) is 3.81. The molecule has 0 aromatic rings. The molecule has 3 nitrogen and oxygen atoms in total. The van der Waals surface area contributed by atoms with Crippen LogP contribution in [-0.2, 0) is 4.79 Å². The van der Waals surface area contributed by atoms with Crippen molar-refractivity contribution in [1.29, 1.82) is 0 Å². The number of carbonyl (C=O) groups excluding carboxylic acids is 1. The van der Waals surface area contributed by atoms with Gasteiger partial charge >= 0.3 is 0 Å². The number of nitrogens with zero attached hydrogens (tertiary/aromatic N) is 1. The van der Waals surface area contributed by atoms with Crippen molar-refractivity contribution in [3.8, 4) is 0 Å². The topological polar surface area (TPSA) is 32.3 Å². The number of Topliss-reactive ketones (excluding diaryl/α,β-unsaturated/α-hetero) is 1. The van der Waals surface area contributed by atoms with Gasteiger partial charge in [-0.05, 0) is 0 Å². The molecule has 0 spiro atoms. The lowest BCUT2D eigenvalue weighted by Gasteiger charge is -2.17. The first-order chi connectivity index (χ1) is 5.18. The summed E-state index contributed by atoms with van der Waals surface area (Å²) in [6.45, 7) is 0.790. The summed E-state index contributed by atoms with van der Waals surface area (Å²) in [7, 11) is 3.90. The Balaban J connectivity index is 2.52. The first kappa shape index (κ1) is 8.11. The Kier molecular flexibility index (Phi) is 2.52. The zero-order valence-corrected chi connectivity index (χ0v) is 7.05. The van der Waals surface area contributed by atoms with Crippen molar-refractivity contribution in [2.75, 3.05) is 20.6 Å². The maximum atomic E-state index is 11.0. The Bertz CT molecular complexity index is 185. The molecule has 1 rings (SSSR count). The lowest BCUT2D eigenvalue weighted by molar-refractivity contribution is -0.119. The van der Waals surface area contributed by atoms with Crippen LogP contribution in [0.5, 0.6) is 0 Å². The van der Waals surface area contributed by atoms with E-state index in [1.807, 2.05) is 25.2 Å². The van der Waals surface area contributed by atoms with E-state index >= 15 is 0 Å². The number of piperidine rings is 1. The van der Waals surface area contributed by atoms with Crippen LogP contribution in [0.3, 0.4) is 0 Å². The molecule has 3 heteroatoms. The molecule has 0 radical (unpaired) electrons. The van der Waals surface area contributed by atoms with Gasteiger partial charge in [-0.25, -0.2) is 0 Å². The van der Waals surface area contributed by atoms with Crippen molar-refractivity contribution in [3.63, 3.8) is 0 Å². The summed E-state index contributed by atoms with van der Waals surface area (Å²) >= 11 is 0. The molecule has 0 bridgehead atoms. The summed E-state index contributed by atoms with van der Waals surface area (Å²) in [5.74, 6) is 0.330. The average molecular weight is 154 g/mol. The van der Waals surface area contributed by atoms with Crippen LogP contribution in [0.4, 0.5) is 0 Å². The Hall–Kier alpha value is -0.990. The highest BCUT2D eigenvalue weighted by Gasteiger charge is 2.11. The standard InChI is InChI=1S/C8H14N2O/c1-10(2)6-7-5-8(11)3-4-9-7/h6,9H,3-5H2,1-2H3. The molecule has 0 saturated carbocycles. The monoisotopic (exact) mass is 154 g/mol. The van der Waals surface area contributed by atoms with Gasteiger partial charge in [0.05, 0.1) is 0 Å². The highest BCUT2D eigenvalue weighted by atomic mass is 16.1. The molecule has 1 saturated heterocycles. The summed E-state index contributed by atoms with van der Waals surface area (Å²) in [6.07, 6.45) is 3.19. The van der Waals surface area contributed by atoms with E-state index in [1.165, 1.54) is 0 Å². The fourth-order valence-corrected chi connectivity index (χ4v) is 1.13. The van der Waals surface area contributed by atoms with Gasteiger partial charge in [0, 0.05) is 45.4 Å². The van der Waals surface area contributed by atoms with E-state index in [9.17, 15) is 4.79 Å². The molecule has 1 aliphatic heterocycles. The summed E-state index contributed by atoms with van der Waals surface area (Å²) in [5.41, 5.74) is 1.03. The number of nitrogens with one attached hydrogen (secondary N) is 1. The number of ketones is 1. The predicted molar refractivity (Wildman–Crippen MR) is 44.0 cm³/mol. The van der Waals surface area contributed by atoms with Crippen LogP contribution < -0.4 is 5.32 Å². The van der Waals surface area contributed by atoms with Gasteiger partial charge in [0.25, 0.3) is 0 Å². The van der Waals surface area contributed by atoms with E-state index in [1.54, 1.807) is 0 Å². The van der Waals surface area contributed by atoms with Gasteiger partial charge in [0.2, 0.25) is 0 Å². The van der Waals surface area contributed by atoms with Gasteiger partial charge in [-0.2, -0.15) is 0 Å². The summed E-state index contributed by atoms with van der Waals surface area (Å²) < 4.78 is 0. The minimum absolute atomic E-state index is 0.330. The van der Waals surface area contributed by atoms with Crippen LogP contribution in [-0.4, -0.2) is 31.3 Å². The minimum Gasteiger partial charge on any atom is -0.386 e. The Morgan fingerprint density at radius 2 is 2.27 bits per heavy atom. The molecule has 0 aliphatic carbocycles. The lowest BCUT2D eigenvalue weighted by atomic mass is 10.1. The van der Waals surface area contributed by atoms with Crippen molar-refractivity contribution in [2.24, 2.45) is 0 Å². The van der Waals surface area contributed by atoms with Crippen molar-refractivity contribution in [3.05, 3.63) is 11.9 Å². The van der Waals surface area contributed by atoms with Gasteiger partial charge in [-0.15, -0.1) is 0 Å². The van der Waals surface area contributed by atoms with Gasteiger partial charge in [0.15, 0.2) is 0 Å². The van der Waals surface area contributed by atoms with Crippen LogP contribution in [0.15, 0.2) is 11.9 Å². The van der Waals surface area contributed by atoms with E-state index in [2.05, 4.69) is 5.32 Å². The predicted octanol–water partition coefficient (Wildman–Crippen LogP) is 0.342. The average Bonchev–Trinajstić information content (AvgIpc) is 1.85. The van der Waals surface area contributed by atoms with Crippen molar-refractivity contribution >= 4 is 5.78 Å². The van der Waals surface area contributed by atoms with E-state index in [-0.39, 0.29) is 0 Å². The van der Waals surface area contributed by atoms with Crippen LogP contribution in [0.2, 0.25) is 0 Å². The van der Waals surface area contributed by atoms with E-state index < -0.39 is 0 Å². The normalized spacial score (nSPS) is 21.6. The number of carbonyl (C=O) groups is 1. The minimum atomic E-state index is 0.330. The largest absolute Gasteiger partial charge is 0.386 e. The van der Waals surface area contributed by atoms with Gasteiger partial charge in [-0.1, -0.05) is 0 Å². The Morgan fingerprint density at radius 1 is 1.55 bits per heavy atom. The fourth-order valence-electron chi connectivity index (χ4n) is 1.13. The van der Waals surface area contributed by atoms with Crippen molar-refractivity contribution < 1.29 is 4.79 Å². The van der Waals surface area contributed by atoms with Crippen LogP contribution >= 0.6 is 0 Å². The van der Waals surface area contributed by atoms with Crippen molar-refractivity contribution in [2.45, 2.75) is 12.8 Å². The van der Waals surface area contributed by atoms with E-state index in [0.717, 1.165) is 12.2 Å². The first-order valence-electron chi connectivity index (χ1n) is 3.81. The number of rotatable bonds is 1. The molecular weight excluding hydrogens is 140 g/mol. The summed E-state index contributed by atoms with van der Waals surface area (Å²) in [6, 6.07) is 0. The molecule has 1 N–H and O–H groups in total. The second-order valence-corrected chi connectivity index (χ2v) is 3.01. The molecule has 0 atom stereocenters. The molecule has 0 amide bonds. The molecule has 0 unspecified atom stereocenters. The third-order valence-corrected chi connectivity index (χ3v) is 1.56. The molecular formula is C8H14N2O. The Morgan fingerprint density at radius 3 is 2.82 bits per heavy atom. The zero-order valence-electron chi connectivity index (χ0n) is 7.05. The van der Waals surface area contributed by atoms with Crippen LogP contribution in [0.25, 0.3) is 0 Å². The van der Waals surface area contributed by atoms with Crippen LogP contribution in [0, 0.1) is 0 Å². The van der Waals surface area contributed by atoms with E-state index in [4.69, 9.17) is 0 Å². The molecule has 1 heterocycles. The van der Waals surface area contributed by atoms with Gasteiger partial charge < -0.3 is 10.2 Å². The van der Waals surface area contributed by atoms with Gasteiger partial charge in [0.1, 0.15) is 5.78 Å². The molecule has 0 aromatic carbocycles. The maximum absolute atomic E-state index is 11.0. The molecule has 0 aromatic heterocycles.